The minimum absolute atomic E-state index is 0.0158. The molecular formula is C26H48N6O10. The van der Waals surface area contributed by atoms with Crippen molar-refractivity contribution in [2.24, 2.45) is 28.1 Å². The topological polar surface area (TPSA) is 270 Å². The second kappa shape index (κ2) is 15.8. The zero-order valence-electron chi connectivity index (χ0n) is 24.1. The van der Waals surface area contributed by atoms with Gasteiger partial charge in [-0.25, -0.2) is 0 Å². The van der Waals surface area contributed by atoms with Crippen molar-refractivity contribution in [3.05, 3.63) is 11.8 Å². The van der Waals surface area contributed by atoms with Crippen LogP contribution >= 0.6 is 0 Å². The van der Waals surface area contributed by atoms with Gasteiger partial charge in [-0.15, -0.1) is 0 Å². The summed E-state index contributed by atoms with van der Waals surface area (Å²) in [6.45, 7) is 2.03. The third kappa shape index (κ3) is 8.64. The first kappa shape index (κ1) is 34.7. The van der Waals surface area contributed by atoms with Gasteiger partial charge in [-0.2, -0.15) is 0 Å². The van der Waals surface area contributed by atoms with E-state index in [2.05, 4.69) is 15.6 Å². The van der Waals surface area contributed by atoms with Crippen LogP contribution in [0.15, 0.2) is 16.8 Å². The summed E-state index contributed by atoms with van der Waals surface area (Å²) in [5.41, 5.74) is 16.7. The Balaban J connectivity index is 1.81. The Morgan fingerprint density at radius 3 is 2.62 bits per heavy atom. The monoisotopic (exact) mass is 604 g/mol. The predicted octanol–water partition coefficient (Wildman–Crippen LogP) is -4.63. The first-order valence-corrected chi connectivity index (χ1v) is 14.2. The molecule has 1 saturated heterocycles. The van der Waals surface area contributed by atoms with Crippen LogP contribution in [0.5, 0.6) is 0 Å². The molecule has 0 spiro atoms. The molecule has 3 aliphatic rings. The molecule has 16 nitrogen and oxygen atoms in total. The summed E-state index contributed by atoms with van der Waals surface area (Å²) in [4.78, 5) is 16.6. The van der Waals surface area contributed by atoms with Crippen molar-refractivity contribution in [1.29, 1.82) is 0 Å². The summed E-state index contributed by atoms with van der Waals surface area (Å²) in [7, 11) is 1.50. The fourth-order valence-electron chi connectivity index (χ4n) is 5.32. The average Bonchev–Trinajstić information content (AvgIpc) is 2.94. The van der Waals surface area contributed by atoms with Crippen LogP contribution < -0.4 is 27.8 Å². The van der Waals surface area contributed by atoms with E-state index in [4.69, 9.17) is 41.3 Å². The SMILES string of the molecule is CN=CC1[C@@H](O)[C@@H](O[C@@H]2[C@@H](O)[C@H](O[C@H]3OC(CNCCO)=CC[C@H]3N)[C@@H](N)C[C@H]2NC(=O)[C@@H](O)CCN)OC[C@]1(C)O. The third-order valence-corrected chi connectivity index (χ3v) is 7.71. The van der Waals surface area contributed by atoms with E-state index in [1.807, 2.05) is 6.08 Å². The molecule has 1 aliphatic carbocycles. The van der Waals surface area contributed by atoms with Crippen molar-refractivity contribution in [3.8, 4) is 0 Å². The van der Waals surface area contributed by atoms with E-state index in [1.54, 1.807) is 0 Å². The number of nitrogens with zero attached hydrogens (tertiary/aromatic N) is 1. The van der Waals surface area contributed by atoms with Gasteiger partial charge in [0.15, 0.2) is 6.29 Å². The molecule has 242 valence electrons. The van der Waals surface area contributed by atoms with Gasteiger partial charge in [-0.3, -0.25) is 4.79 Å². The summed E-state index contributed by atoms with van der Waals surface area (Å²) >= 11 is 0. The standard InChI is InChI=1S/C26H48N6O10/c1-26(38)12-39-25(19(35)14(26)11-30-2)42-22-17(32-23(37)18(34)5-6-27)9-16(29)21(20(22)36)41-24-15(28)4-3-13(40-24)10-31-7-8-33/h3,11,14-22,24-25,31,33-36,38H,4-10,12,27-29H2,1-2H3,(H,32,37)/t14?,15-,16+,17-,18+,19-,20+,21-,22+,24-,25-,26+/m1/s1. The predicted molar refractivity (Wildman–Crippen MR) is 150 cm³/mol. The van der Waals surface area contributed by atoms with Gasteiger partial charge in [0.05, 0.1) is 43.4 Å². The fourth-order valence-corrected chi connectivity index (χ4v) is 5.32. The molecule has 0 radical (unpaired) electrons. The fraction of sp³-hybridized carbons (Fsp3) is 0.846. The zero-order chi connectivity index (χ0) is 31.0. The molecule has 2 heterocycles. The van der Waals surface area contributed by atoms with Crippen LogP contribution in [0.1, 0.15) is 26.2 Å². The van der Waals surface area contributed by atoms with Crippen LogP contribution in [-0.4, -0.2) is 144 Å². The van der Waals surface area contributed by atoms with E-state index in [9.17, 15) is 25.2 Å². The molecule has 3 rings (SSSR count). The van der Waals surface area contributed by atoms with E-state index in [0.29, 0.717) is 25.3 Å². The van der Waals surface area contributed by atoms with E-state index in [0.717, 1.165) is 0 Å². The maximum absolute atomic E-state index is 12.7. The molecule has 42 heavy (non-hydrogen) atoms. The molecule has 12 atom stereocenters. The van der Waals surface area contributed by atoms with Crippen molar-refractivity contribution >= 4 is 12.1 Å². The summed E-state index contributed by atoms with van der Waals surface area (Å²) in [6.07, 6.45) is -5.14. The lowest BCUT2D eigenvalue weighted by molar-refractivity contribution is -0.305. The molecule has 2 fully saturated rings. The molecule has 1 saturated carbocycles. The summed E-state index contributed by atoms with van der Waals surface area (Å²) < 4.78 is 23.8. The van der Waals surface area contributed by atoms with Gasteiger partial charge in [-0.05, 0) is 38.8 Å². The van der Waals surface area contributed by atoms with E-state index in [-0.39, 0.29) is 32.6 Å². The Hall–Kier alpha value is -1.80. The van der Waals surface area contributed by atoms with Crippen molar-refractivity contribution in [3.63, 3.8) is 0 Å². The number of carbonyl (C=O) groups is 1. The van der Waals surface area contributed by atoms with Gasteiger partial charge in [0.2, 0.25) is 12.2 Å². The number of hydrogen-bond donors (Lipinski definition) is 10. The average molecular weight is 605 g/mol. The maximum atomic E-state index is 12.7. The maximum Gasteiger partial charge on any atom is 0.249 e. The van der Waals surface area contributed by atoms with Crippen LogP contribution in [0.25, 0.3) is 0 Å². The highest BCUT2D eigenvalue weighted by Crippen LogP contribution is 2.34. The van der Waals surface area contributed by atoms with Gasteiger partial charge in [0.25, 0.3) is 0 Å². The quantitative estimate of drug-likeness (QED) is 0.0700. The van der Waals surface area contributed by atoms with Crippen LogP contribution in [-0.2, 0) is 23.7 Å². The number of aliphatic hydroxyl groups is 5. The zero-order valence-corrected chi connectivity index (χ0v) is 24.1. The highest BCUT2D eigenvalue weighted by molar-refractivity contribution is 5.80. The van der Waals surface area contributed by atoms with E-state index < -0.39 is 78.7 Å². The van der Waals surface area contributed by atoms with Crippen LogP contribution in [0.4, 0.5) is 0 Å². The van der Waals surface area contributed by atoms with Crippen LogP contribution in [0.2, 0.25) is 0 Å². The Bertz CT molecular complexity index is 926. The highest BCUT2D eigenvalue weighted by atomic mass is 16.7. The smallest absolute Gasteiger partial charge is 0.249 e. The number of aliphatic imine (C=N–C) groups is 1. The normalized spacial score (nSPS) is 39.9. The largest absolute Gasteiger partial charge is 0.467 e. The number of hydrogen-bond acceptors (Lipinski definition) is 15. The van der Waals surface area contributed by atoms with Crippen molar-refractivity contribution in [2.45, 2.75) is 93.0 Å². The van der Waals surface area contributed by atoms with Crippen molar-refractivity contribution < 1.29 is 49.3 Å². The molecule has 0 aromatic heterocycles. The Kier molecular flexibility index (Phi) is 13.0. The molecule has 0 bridgehead atoms. The van der Waals surface area contributed by atoms with Gasteiger partial charge in [-0.1, -0.05) is 0 Å². The highest BCUT2D eigenvalue weighted by Gasteiger charge is 2.51. The lowest BCUT2D eigenvalue weighted by Gasteiger charge is -2.48. The number of aliphatic hydroxyl groups excluding tert-OH is 4. The summed E-state index contributed by atoms with van der Waals surface area (Å²) in [6, 6.07) is -2.33. The third-order valence-electron chi connectivity index (χ3n) is 7.71. The van der Waals surface area contributed by atoms with E-state index >= 15 is 0 Å². The Morgan fingerprint density at radius 1 is 1.24 bits per heavy atom. The molecule has 1 unspecified atom stereocenters. The lowest BCUT2D eigenvalue weighted by Crippen LogP contribution is -2.68. The first-order chi connectivity index (χ1) is 19.9. The number of nitrogens with two attached hydrogens (primary N) is 3. The molecule has 0 aromatic carbocycles. The molecule has 16 heteroatoms. The van der Waals surface area contributed by atoms with E-state index in [1.165, 1.54) is 20.2 Å². The van der Waals surface area contributed by atoms with Gasteiger partial charge < -0.3 is 77.3 Å². The molecule has 13 N–H and O–H groups in total. The van der Waals surface area contributed by atoms with Crippen molar-refractivity contribution in [2.75, 3.05) is 39.9 Å². The molecular weight excluding hydrogens is 556 g/mol. The molecule has 2 aliphatic heterocycles. The minimum atomic E-state index is -1.47. The van der Waals surface area contributed by atoms with Gasteiger partial charge >= 0.3 is 0 Å². The number of amides is 1. The Labute approximate surface area is 245 Å². The van der Waals surface area contributed by atoms with Gasteiger partial charge in [0.1, 0.15) is 36.3 Å². The second-order valence-corrected chi connectivity index (χ2v) is 11.2. The number of rotatable bonds is 13. The summed E-state index contributed by atoms with van der Waals surface area (Å²) in [5.74, 6) is -1.03. The Morgan fingerprint density at radius 2 is 1.95 bits per heavy atom. The van der Waals surface area contributed by atoms with Gasteiger partial charge in [0, 0.05) is 25.8 Å². The molecule has 0 aromatic rings. The number of nitrogens with one attached hydrogen (secondary N) is 2. The molecule has 1 amide bonds. The minimum Gasteiger partial charge on any atom is -0.467 e. The first-order valence-electron chi connectivity index (χ1n) is 14.2. The van der Waals surface area contributed by atoms with Crippen LogP contribution in [0.3, 0.4) is 0 Å². The summed E-state index contributed by atoms with van der Waals surface area (Å²) in [5, 5.41) is 58.1. The second-order valence-electron chi connectivity index (χ2n) is 11.2. The number of carbonyl (C=O) groups excluding carboxylic acids is 1. The van der Waals surface area contributed by atoms with Crippen LogP contribution in [0, 0.1) is 5.92 Å². The van der Waals surface area contributed by atoms with Crippen molar-refractivity contribution in [1.82, 2.24) is 10.6 Å². The lowest BCUT2D eigenvalue weighted by atomic mass is 9.82. The number of ether oxygens (including phenoxy) is 4.